The third kappa shape index (κ3) is 3.28. The number of Topliss-reactive ketones (excluding diaryl/α,β-unsaturated/α-hetero) is 1. The van der Waals surface area contributed by atoms with Crippen molar-refractivity contribution in [1.29, 1.82) is 0 Å². The number of halogens is 1. The van der Waals surface area contributed by atoms with Crippen LogP contribution in [0, 0.1) is 26.6 Å². The smallest absolute Gasteiger partial charge is 0.173 e. The van der Waals surface area contributed by atoms with Crippen LogP contribution in [-0.2, 0) is 0 Å². The van der Waals surface area contributed by atoms with E-state index in [2.05, 4.69) is 23.8 Å². The second kappa shape index (κ2) is 6.37. The lowest BCUT2D eigenvalue weighted by Crippen LogP contribution is -2.03. The van der Waals surface area contributed by atoms with E-state index in [1.54, 1.807) is 11.3 Å². The van der Waals surface area contributed by atoms with Gasteiger partial charge in [-0.2, -0.15) is 0 Å². The highest BCUT2D eigenvalue weighted by molar-refractivity contribution is 8.00. The number of benzene rings is 1. The van der Waals surface area contributed by atoms with Gasteiger partial charge in [-0.15, -0.1) is 11.3 Å². The number of carbonyl (C=O) groups is 1. The molecule has 0 radical (unpaired) electrons. The molecular formula is C17H15FN2OS2. The predicted molar refractivity (Wildman–Crippen MR) is 93.1 cm³/mol. The third-order valence-corrected chi connectivity index (χ3v) is 5.69. The molecule has 0 aliphatic heterocycles. The summed E-state index contributed by atoms with van der Waals surface area (Å²) in [5.41, 5.74) is 1.68. The Morgan fingerprint density at radius 2 is 1.87 bits per heavy atom. The molecule has 3 aromatic rings. The maximum Gasteiger partial charge on any atom is 0.173 e. The molecule has 0 spiro atoms. The van der Waals surface area contributed by atoms with Gasteiger partial charge in [-0.1, -0.05) is 11.8 Å². The number of aromatic nitrogens is 2. The van der Waals surface area contributed by atoms with Crippen molar-refractivity contribution >= 4 is 39.1 Å². The van der Waals surface area contributed by atoms with Crippen LogP contribution in [0.4, 0.5) is 4.39 Å². The number of carbonyl (C=O) groups excluding carboxylic acids is 1. The molecule has 2 heterocycles. The summed E-state index contributed by atoms with van der Waals surface area (Å²) in [6.07, 6.45) is 0. The molecule has 3 nitrogen and oxygen atoms in total. The van der Waals surface area contributed by atoms with Crippen molar-refractivity contribution in [1.82, 2.24) is 9.97 Å². The van der Waals surface area contributed by atoms with Gasteiger partial charge in [0.15, 0.2) is 5.78 Å². The number of fused-ring (bicyclic) bond motifs is 1. The van der Waals surface area contributed by atoms with Gasteiger partial charge in [0.25, 0.3) is 0 Å². The number of hydrogen-bond acceptors (Lipinski definition) is 5. The van der Waals surface area contributed by atoms with Crippen molar-refractivity contribution in [3.05, 3.63) is 51.9 Å². The molecule has 0 saturated carbocycles. The highest BCUT2D eigenvalue weighted by Crippen LogP contribution is 2.35. The molecule has 23 heavy (non-hydrogen) atoms. The Bertz CT molecular complexity index is 888. The van der Waals surface area contributed by atoms with Gasteiger partial charge >= 0.3 is 0 Å². The Kier molecular flexibility index (Phi) is 4.46. The van der Waals surface area contributed by atoms with E-state index in [0.29, 0.717) is 11.4 Å². The van der Waals surface area contributed by atoms with Crippen molar-refractivity contribution in [3.8, 4) is 0 Å². The van der Waals surface area contributed by atoms with Gasteiger partial charge in [0.05, 0.1) is 5.75 Å². The second-order valence-electron chi connectivity index (χ2n) is 5.26. The number of thioether (sulfide) groups is 1. The van der Waals surface area contributed by atoms with Crippen LogP contribution in [0.25, 0.3) is 10.2 Å². The molecule has 0 aliphatic carbocycles. The number of ketones is 1. The average molecular weight is 346 g/mol. The summed E-state index contributed by atoms with van der Waals surface area (Å²) in [7, 11) is 0. The molecule has 2 aromatic heterocycles. The summed E-state index contributed by atoms with van der Waals surface area (Å²) in [5, 5.41) is 1.87. The highest BCUT2D eigenvalue weighted by atomic mass is 32.2. The number of thiophene rings is 1. The monoisotopic (exact) mass is 346 g/mol. The molecule has 0 aliphatic rings. The first-order chi connectivity index (χ1) is 11.0. The Hall–Kier alpha value is -1.79. The van der Waals surface area contributed by atoms with Crippen molar-refractivity contribution in [2.45, 2.75) is 25.8 Å². The van der Waals surface area contributed by atoms with E-state index in [0.717, 1.165) is 15.2 Å². The average Bonchev–Trinajstić information content (AvgIpc) is 2.79. The summed E-state index contributed by atoms with van der Waals surface area (Å²) in [4.78, 5) is 23.4. The summed E-state index contributed by atoms with van der Waals surface area (Å²) in [6, 6.07) is 5.63. The van der Waals surface area contributed by atoms with E-state index in [4.69, 9.17) is 0 Å². The minimum atomic E-state index is -0.341. The summed E-state index contributed by atoms with van der Waals surface area (Å²) in [5.74, 6) is 0.595. The van der Waals surface area contributed by atoms with Crippen LogP contribution < -0.4 is 0 Å². The van der Waals surface area contributed by atoms with Gasteiger partial charge < -0.3 is 0 Å². The fourth-order valence-electron chi connectivity index (χ4n) is 2.27. The van der Waals surface area contributed by atoms with E-state index < -0.39 is 0 Å². The van der Waals surface area contributed by atoms with Crippen molar-refractivity contribution in [3.63, 3.8) is 0 Å². The molecule has 0 fully saturated rings. The number of nitrogens with zero attached hydrogens (tertiary/aromatic N) is 2. The van der Waals surface area contributed by atoms with Crippen LogP contribution in [0.2, 0.25) is 0 Å². The minimum Gasteiger partial charge on any atom is -0.293 e. The largest absolute Gasteiger partial charge is 0.293 e. The Morgan fingerprint density at radius 3 is 2.57 bits per heavy atom. The summed E-state index contributed by atoms with van der Waals surface area (Å²) in [6.45, 7) is 5.98. The lowest BCUT2D eigenvalue weighted by atomic mass is 10.1. The quantitative estimate of drug-likeness (QED) is 0.389. The molecule has 0 N–H and O–H groups in total. The Balaban J connectivity index is 1.87. The zero-order valence-electron chi connectivity index (χ0n) is 13.0. The van der Waals surface area contributed by atoms with Crippen molar-refractivity contribution in [2.24, 2.45) is 0 Å². The van der Waals surface area contributed by atoms with Crippen LogP contribution in [0.5, 0.6) is 0 Å². The zero-order valence-corrected chi connectivity index (χ0v) is 14.6. The molecule has 0 saturated heterocycles. The van der Waals surface area contributed by atoms with Crippen LogP contribution in [0.15, 0.2) is 29.3 Å². The standard InChI is InChI=1S/C17H15FN2OS2/c1-9-10(2)23-17-15(9)16(19-11(3)20-17)22-8-14(21)12-4-6-13(18)7-5-12/h4-7H,8H2,1-3H3. The molecule has 0 unspecified atom stereocenters. The van der Waals surface area contributed by atoms with Crippen molar-refractivity contribution in [2.75, 3.05) is 5.75 Å². The highest BCUT2D eigenvalue weighted by Gasteiger charge is 2.15. The predicted octanol–water partition coefficient (Wildman–Crippen LogP) is 4.73. The van der Waals surface area contributed by atoms with Crippen LogP contribution in [0.1, 0.15) is 26.6 Å². The molecule has 0 amide bonds. The molecule has 1 aromatic carbocycles. The van der Waals surface area contributed by atoms with Gasteiger partial charge in [-0.3, -0.25) is 4.79 Å². The van der Waals surface area contributed by atoms with Crippen LogP contribution >= 0.6 is 23.1 Å². The van der Waals surface area contributed by atoms with E-state index >= 15 is 0 Å². The first kappa shape index (κ1) is 16.1. The first-order valence-electron chi connectivity index (χ1n) is 7.11. The summed E-state index contributed by atoms with van der Waals surface area (Å²) < 4.78 is 12.9. The maximum atomic E-state index is 12.9. The maximum absolute atomic E-state index is 12.9. The molecule has 3 rings (SSSR count). The normalized spacial score (nSPS) is 11.1. The Morgan fingerprint density at radius 1 is 1.17 bits per heavy atom. The van der Waals surface area contributed by atoms with Gasteiger partial charge in [-0.25, -0.2) is 14.4 Å². The number of rotatable bonds is 4. The van der Waals surface area contributed by atoms with Crippen LogP contribution in [0.3, 0.4) is 0 Å². The van der Waals surface area contributed by atoms with Gasteiger partial charge in [0.1, 0.15) is 21.5 Å². The molecule has 118 valence electrons. The third-order valence-electron chi connectivity index (χ3n) is 3.61. The zero-order chi connectivity index (χ0) is 16.6. The van der Waals surface area contributed by atoms with E-state index in [1.807, 2.05) is 6.92 Å². The van der Waals surface area contributed by atoms with E-state index in [1.165, 1.54) is 46.5 Å². The van der Waals surface area contributed by atoms with Crippen LogP contribution in [-0.4, -0.2) is 21.5 Å². The Labute approximate surface area is 142 Å². The van der Waals surface area contributed by atoms with Gasteiger partial charge in [0, 0.05) is 15.8 Å². The van der Waals surface area contributed by atoms with Gasteiger partial charge in [0.2, 0.25) is 0 Å². The van der Waals surface area contributed by atoms with E-state index in [9.17, 15) is 9.18 Å². The second-order valence-corrected chi connectivity index (χ2v) is 7.43. The minimum absolute atomic E-state index is 0.0379. The lowest BCUT2D eigenvalue weighted by Gasteiger charge is -2.05. The molecule has 0 bridgehead atoms. The molecule has 6 heteroatoms. The fraction of sp³-hybridized carbons (Fsp3) is 0.235. The lowest BCUT2D eigenvalue weighted by molar-refractivity contribution is 0.102. The number of aryl methyl sites for hydroxylation is 3. The molecule has 0 atom stereocenters. The SMILES string of the molecule is Cc1nc(SCC(=O)c2ccc(F)cc2)c2c(C)c(C)sc2n1. The topological polar surface area (TPSA) is 42.9 Å². The van der Waals surface area contributed by atoms with E-state index in [-0.39, 0.29) is 17.4 Å². The number of hydrogen-bond donors (Lipinski definition) is 0. The molecular weight excluding hydrogens is 331 g/mol. The fourth-order valence-corrected chi connectivity index (χ4v) is 4.44. The summed E-state index contributed by atoms with van der Waals surface area (Å²) >= 11 is 3.06. The van der Waals surface area contributed by atoms with Gasteiger partial charge in [-0.05, 0) is 50.6 Å². The first-order valence-corrected chi connectivity index (χ1v) is 8.92. The van der Waals surface area contributed by atoms with Crippen molar-refractivity contribution < 1.29 is 9.18 Å².